The minimum atomic E-state index is 0.0547. The first-order valence-electron chi connectivity index (χ1n) is 4.96. The number of hydrogen-bond donors (Lipinski definition) is 1. The molecule has 0 saturated carbocycles. The zero-order chi connectivity index (χ0) is 10.8. The Kier molecular flexibility index (Phi) is 4.07. The van der Waals surface area contributed by atoms with Crippen LogP contribution in [-0.4, -0.2) is 13.2 Å². The van der Waals surface area contributed by atoms with Crippen LogP contribution in [0.1, 0.15) is 23.8 Å². The van der Waals surface area contributed by atoms with E-state index in [4.69, 9.17) is 22.1 Å². The van der Waals surface area contributed by atoms with Crippen molar-refractivity contribution in [1.82, 2.24) is 0 Å². The Balaban J connectivity index is 2.08. The minimum Gasteiger partial charge on any atom is -0.381 e. The zero-order valence-corrected chi connectivity index (χ0v) is 11.4. The lowest BCUT2D eigenvalue weighted by Crippen LogP contribution is -2.28. The second kappa shape index (κ2) is 5.15. The van der Waals surface area contributed by atoms with E-state index >= 15 is 0 Å². The second-order valence-corrected chi connectivity index (χ2v) is 6.58. The number of halogens is 2. The van der Waals surface area contributed by atoms with E-state index in [0.717, 1.165) is 39.7 Å². The Morgan fingerprint density at radius 3 is 3.00 bits per heavy atom. The van der Waals surface area contributed by atoms with E-state index in [1.165, 1.54) is 0 Å². The summed E-state index contributed by atoms with van der Waals surface area (Å²) in [5, 5.41) is 0.752. The largest absolute Gasteiger partial charge is 0.381 e. The molecule has 0 bridgehead atoms. The molecule has 0 amide bonds. The molecule has 2 N–H and O–H groups in total. The molecular formula is C10H13BrClNOS. The van der Waals surface area contributed by atoms with Gasteiger partial charge in [-0.25, -0.2) is 0 Å². The molecule has 2 atom stereocenters. The molecule has 0 aromatic carbocycles. The van der Waals surface area contributed by atoms with Gasteiger partial charge in [-0.15, -0.1) is 11.3 Å². The monoisotopic (exact) mass is 309 g/mol. The number of thiophene rings is 1. The average molecular weight is 311 g/mol. The number of hydrogen-bond acceptors (Lipinski definition) is 3. The zero-order valence-electron chi connectivity index (χ0n) is 8.21. The van der Waals surface area contributed by atoms with Crippen LogP contribution in [0.2, 0.25) is 5.02 Å². The van der Waals surface area contributed by atoms with Gasteiger partial charge in [-0.05, 0) is 34.8 Å². The Hall–Kier alpha value is 0.390. The van der Waals surface area contributed by atoms with E-state index < -0.39 is 0 Å². The molecular weight excluding hydrogens is 298 g/mol. The predicted octanol–water partition coefficient (Wildman–Crippen LogP) is 3.59. The van der Waals surface area contributed by atoms with Crippen LogP contribution in [0.4, 0.5) is 0 Å². The van der Waals surface area contributed by atoms with Crippen molar-refractivity contribution >= 4 is 38.9 Å². The van der Waals surface area contributed by atoms with Crippen LogP contribution in [0.5, 0.6) is 0 Å². The van der Waals surface area contributed by atoms with Gasteiger partial charge in [-0.2, -0.15) is 0 Å². The fourth-order valence-corrected chi connectivity index (χ4v) is 3.65. The fraction of sp³-hybridized carbons (Fsp3) is 0.600. The fourth-order valence-electron chi connectivity index (χ4n) is 1.81. The van der Waals surface area contributed by atoms with Crippen LogP contribution >= 0.6 is 38.9 Å². The van der Waals surface area contributed by atoms with E-state index in [1.807, 2.05) is 6.07 Å². The van der Waals surface area contributed by atoms with Crippen molar-refractivity contribution in [3.05, 3.63) is 19.8 Å². The van der Waals surface area contributed by atoms with E-state index in [0.29, 0.717) is 5.92 Å². The lowest BCUT2D eigenvalue weighted by atomic mass is 9.93. The molecule has 1 aliphatic rings. The lowest BCUT2D eigenvalue weighted by Gasteiger charge is -2.26. The first-order valence-corrected chi connectivity index (χ1v) is 6.95. The van der Waals surface area contributed by atoms with Gasteiger partial charge in [0.25, 0.3) is 0 Å². The molecule has 2 unspecified atom stereocenters. The van der Waals surface area contributed by atoms with Crippen molar-refractivity contribution in [1.29, 1.82) is 0 Å². The minimum absolute atomic E-state index is 0.0547. The molecule has 2 heterocycles. The third-order valence-electron chi connectivity index (χ3n) is 2.70. The summed E-state index contributed by atoms with van der Waals surface area (Å²) < 4.78 is 6.41. The molecule has 84 valence electrons. The Morgan fingerprint density at radius 1 is 1.67 bits per heavy atom. The van der Waals surface area contributed by atoms with Crippen molar-refractivity contribution in [2.75, 3.05) is 13.2 Å². The molecule has 2 nitrogen and oxygen atoms in total. The summed E-state index contributed by atoms with van der Waals surface area (Å²) in [7, 11) is 0. The highest BCUT2D eigenvalue weighted by Gasteiger charge is 2.24. The van der Waals surface area contributed by atoms with E-state index in [2.05, 4.69) is 15.9 Å². The molecule has 1 aliphatic heterocycles. The first kappa shape index (κ1) is 11.9. The summed E-state index contributed by atoms with van der Waals surface area (Å²) in [6.07, 6.45) is 2.26. The van der Waals surface area contributed by atoms with Gasteiger partial charge in [-0.1, -0.05) is 11.6 Å². The van der Waals surface area contributed by atoms with Crippen LogP contribution in [0.3, 0.4) is 0 Å². The van der Waals surface area contributed by atoms with E-state index in [1.54, 1.807) is 11.3 Å². The summed E-state index contributed by atoms with van der Waals surface area (Å²) in [6.45, 7) is 1.65. The SMILES string of the molecule is NC(c1cc(Cl)c(Br)s1)C1CCCOC1. The van der Waals surface area contributed by atoms with Gasteiger partial charge in [0.2, 0.25) is 0 Å². The second-order valence-electron chi connectivity index (χ2n) is 3.77. The van der Waals surface area contributed by atoms with Gasteiger partial charge < -0.3 is 10.5 Å². The van der Waals surface area contributed by atoms with Crippen molar-refractivity contribution < 1.29 is 4.74 Å². The number of ether oxygens (including phenoxy) is 1. The molecule has 15 heavy (non-hydrogen) atoms. The maximum absolute atomic E-state index is 6.20. The van der Waals surface area contributed by atoms with E-state index in [9.17, 15) is 0 Å². The Bertz CT molecular complexity index is 319. The highest BCUT2D eigenvalue weighted by molar-refractivity contribution is 9.11. The van der Waals surface area contributed by atoms with Gasteiger partial charge in [0.15, 0.2) is 0 Å². The van der Waals surface area contributed by atoms with Crippen molar-refractivity contribution in [3.8, 4) is 0 Å². The molecule has 5 heteroatoms. The number of nitrogens with two attached hydrogens (primary N) is 1. The normalized spacial score (nSPS) is 24.1. The van der Waals surface area contributed by atoms with Crippen LogP contribution in [0, 0.1) is 5.92 Å². The summed E-state index contributed by atoms with van der Waals surface area (Å²) in [6, 6.07) is 2.01. The van der Waals surface area contributed by atoms with Gasteiger partial charge in [0.1, 0.15) is 0 Å². The van der Waals surface area contributed by atoms with Gasteiger partial charge in [0, 0.05) is 23.4 Å². The molecule has 1 saturated heterocycles. The molecule has 0 spiro atoms. The molecule has 1 aromatic heterocycles. The molecule has 0 radical (unpaired) electrons. The van der Waals surface area contributed by atoms with Crippen molar-refractivity contribution in [2.45, 2.75) is 18.9 Å². The van der Waals surface area contributed by atoms with Crippen LogP contribution in [0.15, 0.2) is 9.85 Å². The van der Waals surface area contributed by atoms with Crippen molar-refractivity contribution in [3.63, 3.8) is 0 Å². The summed E-state index contributed by atoms with van der Waals surface area (Å²) in [5.41, 5.74) is 6.20. The molecule has 0 aliphatic carbocycles. The quantitative estimate of drug-likeness (QED) is 0.906. The van der Waals surface area contributed by atoms with Crippen LogP contribution < -0.4 is 5.73 Å². The molecule has 1 aromatic rings. The predicted molar refractivity (Wildman–Crippen MR) is 67.5 cm³/mol. The van der Waals surface area contributed by atoms with E-state index in [-0.39, 0.29) is 6.04 Å². The third kappa shape index (κ3) is 2.74. The lowest BCUT2D eigenvalue weighted by molar-refractivity contribution is 0.0452. The topological polar surface area (TPSA) is 35.2 Å². The Morgan fingerprint density at radius 2 is 2.47 bits per heavy atom. The summed E-state index contributed by atoms with van der Waals surface area (Å²) in [5.74, 6) is 0.431. The molecule has 2 rings (SSSR count). The van der Waals surface area contributed by atoms with Gasteiger partial charge in [0.05, 0.1) is 15.4 Å². The Labute approximate surface area is 107 Å². The molecule has 1 fully saturated rings. The number of rotatable bonds is 2. The smallest absolute Gasteiger partial charge is 0.0887 e. The summed E-state index contributed by atoms with van der Waals surface area (Å²) >= 11 is 11.0. The van der Waals surface area contributed by atoms with Crippen LogP contribution in [0.25, 0.3) is 0 Å². The standard InChI is InChI=1S/C10H13BrClNOS/c11-10-7(12)4-8(15-10)9(13)6-2-1-3-14-5-6/h4,6,9H,1-3,5,13H2. The van der Waals surface area contributed by atoms with Crippen molar-refractivity contribution in [2.24, 2.45) is 11.7 Å². The van der Waals surface area contributed by atoms with Crippen LogP contribution in [-0.2, 0) is 4.74 Å². The first-order chi connectivity index (χ1) is 7.18. The highest BCUT2D eigenvalue weighted by Crippen LogP contribution is 2.38. The van der Waals surface area contributed by atoms with Gasteiger partial charge >= 0.3 is 0 Å². The maximum atomic E-state index is 6.20. The summed E-state index contributed by atoms with van der Waals surface area (Å²) in [4.78, 5) is 1.14. The average Bonchev–Trinajstić information content (AvgIpc) is 2.59. The van der Waals surface area contributed by atoms with Gasteiger partial charge in [-0.3, -0.25) is 0 Å². The maximum Gasteiger partial charge on any atom is 0.0887 e. The third-order valence-corrected chi connectivity index (χ3v) is 5.27. The highest BCUT2D eigenvalue weighted by atomic mass is 79.9.